The normalized spacial score (nSPS) is 11.2. The van der Waals surface area contributed by atoms with Crippen molar-refractivity contribution in [1.29, 1.82) is 0 Å². The van der Waals surface area contributed by atoms with Crippen molar-refractivity contribution in [2.75, 3.05) is 4.72 Å². The number of hydrogen-bond acceptors (Lipinski definition) is 2. The van der Waals surface area contributed by atoms with Crippen LogP contribution in [0.4, 0.5) is 5.69 Å². The second-order valence-corrected chi connectivity index (χ2v) is 9.41. The molecule has 0 amide bonds. The zero-order chi connectivity index (χ0) is 14.9. The van der Waals surface area contributed by atoms with Gasteiger partial charge in [-0.25, -0.2) is 0 Å². The molecule has 0 aliphatic heterocycles. The van der Waals surface area contributed by atoms with Gasteiger partial charge in [0.2, 0.25) is 0 Å². The summed E-state index contributed by atoms with van der Waals surface area (Å²) >= 11 is 2.23. The van der Waals surface area contributed by atoms with Gasteiger partial charge >= 0.3 is 152 Å². The van der Waals surface area contributed by atoms with E-state index < -0.39 is 10.0 Å². The molecule has 0 heterocycles. The Morgan fingerprint density at radius 2 is 1.70 bits per heavy atom. The standard InChI is InChI=1S/C14H13NO2S.W.Y/c1-11-3-7-13(8-4-11)15-18(16,17)14-9-5-12(2)6-10-14;;/h3,5-6,8-10,15H,1-2H3;;. The maximum absolute atomic E-state index is 12.4. The molecule has 0 aliphatic carbocycles. The quantitative estimate of drug-likeness (QED) is 0.652. The van der Waals surface area contributed by atoms with Gasteiger partial charge in [-0.05, 0) is 0 Å². The van der Waals surface area contributed by atoms with Gasteiger partial charge in [-0.15, -0.1) is 0 Å². The van der Waals surface area contributed by atoms with E-state index in [1.165, 1.54) is 27.8 Å². The number of anilines is 1. The van der Waals surface area contributed by atoms with E-state index in [2.05, 4.69) is 17.7 Å². The number of aryl methyl sites for hydroxylation is 2. The van der Waals surface area contributed by atoms with E-state index in [0.29, 0.717) is 10.6 Å². The Morgan fingerprint density at radius 3 is 2.30 bits per heavy atom. The van der Waals surface area contributed by atoms with E-state index in [1.807, 2.05) is 13.0 Å². The first-order valence-electron chi connectivity index (χ1n) is 5.96. The average Bonchev–Trinajstić information content (AvgIpc) is 2.36. The van der Waals surface area contributed by atoms with Crippen LogP contribution in [0.1, 0.15) is 11.1 Å². The van der Waals surface area contributed by atoms with Crippen molar-refractivity contribution in [2.24, 2.45) is 0 Å². The van der Waals surface area contributed by atoms with Gasteiger partial charge in [0.25, 0.3) is 0 Å². The molecule has 0 bridgehead atoms. The van der Waals surface area contributed by atoms with Crippen LogP contribution in [0.5, 0.6) is 0 Å². The summed E-state index contributed by atoms with van der Waals surface area (Å²) in [4.78, 5) is 0.298. The van der Waals surface area contributed by atoms with Gasteiger partial charge in [-0.3, -0.25) is 0 Å². The third kappa shape index (κ3) is 3.79. The molecule has 3 nitrogen and oxygen atoms in total. The molecule has 2 aromatic carbocycles. The van der Waals surface area contributed by atoms with Crippen LogP contribution in [-0.2, 0) is 60.8 Å². The van der Waals surface area contributed by atoms with Crippen molar-refractivity contribution in [1.82, 2.24) is 0 Å². The first-order chi connectivity index (χ1) is 9.29. The number of nitrogens with one attached hydrogen (secondary N) is 1. The number of rotatable bonds is 3. The summed E-state index contributed by atoms with van der Waals surface area (Å²) in [6.45, 7) is 4.00. The molecule has 0 aromatic heterocycles. The molecule has 2 aromatic rings. The molecule has 6 heteroatoms. The third-order valence-electron chi connectivity index (χ3n) is 2.94. The van der Waals surface area contributed by atoms with Gasteiger partial charge in [0.15, 0.2) is 0 Å². The van der Waals surface area contributed by atoms with E-state index in [1.54, 1.807) is 24.3 Å². The fraction of sp³-hybridized carbons (Fsp3) is 0.143. The molecule has 0 unspecified atom stereocenters. The van der Waals surface area contributed by atoms with Gasteiger partial charge in [0.05, 0.1) is 0 Å². The summed E-state index contributed by atoms with van der Waals surface area (Å²) in [5, 5.41) is 0. The van der Waals surface area contributed by atoms with Gasteiger partial charge in [-0.1, -0.05) is 0 Å². The van der Waals surface area contributed by atoms with Crippen molar-refractivity contribution in [3.63, 3.8) is 0 Å². The third-order valence-corrected chi connectivity index (χ3v) is 7.07. The maximum atomic E-state index is 12.4. The molecule has 0 saturated carbocycles. The van der Waals surface area contributed by atoms with Gasteiger partial charge in [-0.2, -0.15) is 0 Å². The molecule has 0 saturated heterocycles. The molecule has 0 aliphatic rings. The molecule has 101 valence electrons. The van der Waals surface area contributed by atoms with E-state index in [4.69, 9.17) is 0 Å². The van der Waals surface area contributed by atoms with Crippen molar-refractivity contribution in [3.8, 4) is 0 Å². The van der Waals surface area contributed by atoms with Crippen LogP contribution in [0.15, 0.2) is 41.3 Å². The van der Waals surface area contributed by atoms with Crippen molar-refractivity contribution in [2.45, 2.75) is 18.7 Å². The Morgan fingerprint density at radius 1 is 1.10 bits per heavy atom. The first-order valence-corrected chi connectivity index (χ1v) is 10.3. The Kier molecular flexibility index (Phi) is 5.23. The van der Waals surface area contributed by atoms with Gasteiger partial charge < -0.3 is 0 Å². The minimum absolute atomic E-state index is 0.298. The molecule has 0 spiro atoms. The molecule has 20 heavy (non-hydrogen) atoms. The Labute approximate surface area is 150 Å². The minimum atomic E-state index is -3.50. The van der Waals surface area contributed by atoms with E-state index >= 15 is 0 Å². The molecular formula is C14H13NO2SWY. The number of hydrogen-bond donors (Lipinski definition) is 1. The van der Waals surface area contributed by atoms with Crippen LogP contribution >= 0.6 is 0 Å². The van der Waals surface area contributed by atoms with Crippen molar-refractivity contribution in [3.05, 3.63) is 47.5 Å². The Balaban J connectivity index is 2.38. The molecule has 0 atom stereocenters. The fourth-order valence-electron chi connectivity index (χ4n) is 1.70. The second-order valence-electron chi connectivity index (χ2n) is 4.62. The van der Waals surface area contributed by atoms with Crippen LogP contribution in [0.25, 0.3) is 0 Å². The number of benzene rings is 2. The van der Waals surface area contributed by atoms with Gasteiger partial charge in [0, 0.05) is 0 Å². The van der Waals surface area contributed by atoms with Crippen LogP contribution in [-0.4, -0.2) is 8.42 Å². The van der Waals surface area contributed by atoms with Crippen LogP contribution in [0.3, 0.4) is 0 Å². The summed E-state index contributed by atoms with van der Waals surface area (Å²) in [7, 11) is -3.50. The van der Waals surface area contributed by atoms with Crippen LogP contribution in [0, 0.1) is 13.8 Å². The zero-order valence-electron chi connectivity index (χ0n) is 11.2. The van der Waals surface area contributed by atoms with Gasteiger partial charge in [0.1, 0.15) is 0 Å². The Bertz CT molecular complexity index is 743. The van der Waals surface area contributed by atoms with Crippen molar-refractivity contribution >= 4 is 22.0 Å². The SMILES string of the molecule is Cc1ccc(S(=O)(=O)Nc2c[c]([Y])c(C)c[c]2[W])cc1. The monoisotopic (exact) mass is 532 g/mol. The van der Waals surface area contributed by atoms with E-state index in [-0.39, 0.29) is 0 Å². The first kappa shape index (κ1) is 16.4. The number of sulfonamides is 1. The Hall–Kier alpha value is -0.0178. The zero-order valence-corrected chi connectivity index (χ0v) is 17.8. The predicted octanol–water partition coefficient (Wildman–Crippen LogP) is 1.45. The van der Waals surface area contributed by atoms with E-state index in [0.717, 1.165) is 40.5 Å². The topological polar surface area (TPSA) is 46.2 Å². The average molecular weight is 532 g/mol. The predicted molar refractivity (Wildman–Crippen MR) is 72.4 cm³/mol. The molecular weight excluding hydrogens is 519 g/mol. The van der Waals surface area contributed by atoms with Crippen LogP contribution in [0.2, 0.25) is 0 Å². The van der Waals surface area contributed by atoms with Crippen molar-refractivity contribution < 1.29 is 59.2 Å². The molecule has 0 fully saturated rings. The molecule has 1 N–H and O–H groups in total. The summed E-state index contributed by atoms with van der Waals surface area (Å²) in [5.74, 6) is 0. The summed E-state index contributed by atoms with van der Waals surface area (Å²) < 4.78 is 29.7. The second kappa shape index (κ2) is 6.39. The molecule has 0 radical (unpaired) electrons. The van der Waals surface area contributed by atoms with E-state index in [9.17, 15) is 8.42 Å². The van der Waals surface area contributed by atoms with Crippen LogP contribution < -0.4 is 11.0 Å². The molecule has 2 rings (SSSR count). The summed E-state index contributed by atoms with van der Waals surface area (Å²) in [5.41, 5.74) is 2.98. The summed E-state index contributed by atoms with van der Waals surface area (Å²) in [6, 6.07) is 10.9. The summed E-state index contributed by atoms with van der Waals surface area (Å²) in [6.07, 6.45) is 0. The fourth-order valence-corrected chi connectivity index (χ4v) is 4.67.